The highest BCUT2D eigenvalue weighted by Crippen LogP contribution is 2.30. The summed E-state index contributed by atoms with van der Waals surface area (Å²) in [5, 5.41) is 2.30. The Hall–Kier alpha value is -3.23. The van der Waals surface area contributed by atoms with Gasteiger partial charge in [0, 0.05) is 5.69 Å². The molecule has 0 saturated heterocycles. The van der Waals surface area contributed by atoms with Crippen molar-refractivity contribution >= 4 is 23.3 Å². The van der Waals surface area contributed by atoms with Crippen molar-refractivity contribution in [3.8, 4) is 5.75 Å². The van der Waals surface area contributed by atoms with Crippen LogP contribution in [0.4, 0.5) is 24.5 Å². The number of nitrogen functional groups attached to an aromatic ring is 1. The molecule has 0 bridgehead atoms. The fraction of sp³-hybridized carbons (Fsp3) is 0.176. The van der Waals surface area contributed by atoms with E-state index in [2.05, 4.69) is 10.1 Å². The molecular weight excluding hydrogens is 353 g/mol. The molecule has 2 aromatic rings. The number of hydrogen-bond donors (Lipinski definition) is 2. The smallest absolute Gasteiger partial charge is 0.416 e. The van der Waals surface area contributed by atoms with E-state index in [0.29, 0.717) is 0 Å². The number of rotatable bonds is 5. The highest BCUT2D eigenvalue weighted by atomic mass is 19.4. The Balaban J connectivity index is 2.02. The Bertz CT molecular complexity index is 822. The molecular formula is C17H15F3N2O4. The highest BCUT2D eigenvalue weighted by Gasteiger charge is 2.30. The average Bonchev–Trinajstić information content (AvgIpc) is 2.60. The third-order valence-corrected chi connectivity index (χ3v) is 3.27. The van der Waals surface area contributed by atoms with Crippen LogP contribution in [0.25, 0.3) is 0 Å². The topological polar surface area (TPSA) is 90.7 Å². The maximum Gasteiger partial charge on any atom is 0.416 e. The minimum atomic E-state index is -4.51. The van der Waals surface area contributed by atoms with Crippen molar-refractivity contribution in [2.75, 3.05) is 24.8 Å². The molecule has 26 heavy (non-hydrogen) atoms. The lowest BCUT2D eigenvalue weighted by Crippen LogP contribution is -2.21. The van der Waals surface area contributed by atoms with Gasteiger partial charge in [-0.05, 0) is 36.4 Å². The van der Waals surface area contributed by atoms with E-state index < -0.39 is 30.2 Å². The van der Waals surface area contributed by atoms with Gasteiger partial charge in [-0.15, -0.1) is 0 Å². The monoisotopic (exact) mass is 368 g/mol. The quantitative estimate of drug-likeness (QED) is 0.625. The van der Waals surface area contributed by atoms with Crippen LogP contribution in [0, 0.1) is 0 Å². The summed E-state index contributed by atoms with van der Waals surface area (Å²) >= 11 is 0. The first kappa shape index (κ1) is 19.1. The fourth-order valence-corrected chi connectivity index (χ4v) is 2.02. The molecule has 0 saturated carbocycles. The molecule has 0 atom stereocenters. The van der Waals surface area contributed by atoms with Crippen LogP contribution in [-0.4, -0.2) is 25.6 Å². The zero-order valence-corrected chi connectivity index (χ0v) is 13.6. The summed E-state index contributed by atoms with van der Waals surface area (Å²) in [6.45, 7) is -0.509. The van der Waals surface area contributed by atoms with E-state index in [9.17, 15) is 22.8 Å². The largest absolute Gasteiger partial charge is 0.482 e. The molecule has 3 N–H and O–H groups in total. The second-order valence-corrected chi connectivity index (χ2v) is 5.16. The molecule has 0 spiro atoms. The molecule has 0 unspecified atom stereocenters. The Morgan fingerprint density at radius 3 is 2.54 bits per heavy atom. The predicted octanol–water partition coefficient (Wildman–Crippen LogP) is 3.09. The van der Waals surface area contributed by atoms with Crippen molar-refractivity contribution in [1.29, 1.82) is 0 Å². The van der Waals surface area contributed by atoms with Crippen LogP contribution >= 0.6 is 0 Å². The molecule has 6 nitrogen and oxygen atoms in total. The molecule has 0 heterocycles. The lowest BCUT2D eigenvalue weighted by Gasteiger charge is -2.12. The molecule has 0 aliphatic rings. The molecule has 2 aromatic carbocycles. The summed E-state index contributed by atoms with van der Waals surface area (Å²) in [5.74, 6) is -1.22. The van der Waals surface area contributed by atoms with E-state index in [0.717, 1.165) is 12.1 Å². The van der Waals surface area contributed by atoms with Crippen LogP contribution in [0.2, 0.25) is 0 Å². The molecule has 0 aliphatic carbocycles. The van der Waals surface area contributed by atoms with Gasteiger partial charge in [0.05, 0.1) is 23.9 Å². The van der Waals surface area contributed by atoms with Crippen molar-refractivity contribution in [1.82, 2.24) is 0 Å². The number of nitrogens with one attached hydrogen (secondary N) is 1. The van der Waals surface area contributed by atoms with Gasteiger partial charge < -0.3 is 20.5 Å². The number of alkyl halides is 3. The number of esters is 1. The second kappa shape index (κ2) is 7.77. The number of halogens is 3. The van der Waals surface area contributed by atoms with Crippen molar-refractivity contribution in [3.05, 3.63) is 53.6 Å². The number of amides is 1. The number of nitrogens with two attached hydrogens (primary N) is 1. The second-order valence-electron chi connectivity index (χ2n) is 5.16. The van der Waals surface area contributed by atoms with Gasteiger partial charge >= 0.3 is 12.1 Å². The Morgan fingerprint density at radius 2 is 1.88 bits per heavy atom. The first-order valence-corrected chi connectivity index (χ1v) is 7.28. The third kappa shape index (κ3) is 4.88. The first-order chi connectivity index (χ1) is 12.2. The van der Waals surface area contributed by atoms with Crippen LogP contribution in [0.3, 0.4) is 0 Å². The van der Waals surface area contributed by atoms with Gasteiger partial charge in [-0.2, -0.15) is 13.2 Å². The number of hydrogen-bond acceptors (Lipinski definition) is 5. The number of ether oxygens (including phenoxy) is 2. The summed E-state index contributed by atoms with van der Waals surface area (Å²) < 4.78 is 47.8. The summed E-state index contributed by atoms with van der Waals surface area (Å²) in [6.07, 6.45) is -4.51. The molecule has 2 rings (SSSR count). The van der Waals surface area contributed by atoms with Gasteiger partial charge in [-0.3, -0.25) is 4.79 Å². The molecule has 0 fully saturated rings. The minimum Gasteiger partial charge on any atom is -0.482 e. The fourth-order valence-electron chi connectivity index (χ4n) is 2.02. The van der Waals surface area contributed by atoms with Crippen LogP contribution in [-0.2, 0) is 15.7 Å². The van der Waals surface area contributed by atoms with Crippen molar-refractivity contribution in [2.24, 2.45) is 0 Å². The maximum atomic E-state index is 12.7. The van der Waals surface area contributed by atoms with Crippen molar-refractivity contribution < 1.29 is 32.2 Å². The van der Waals surface area contributed by atoms with Gasteiger partial charge in [0.1, 0.15) is 5.75 Å². The Morgan fingerprint density at radius 1 is 1.15 bits per heavy atom. The van der Waals surface area contributed by atoms with Gasteiger partial charge in [0.2, 0.25) is 0 Å². The van der Waals surface area contributed by atoms with Crippen LogP contribution < -0.4 is 15.8 Å². The SMILES string of the molecule is COC(=O)c1ccc(N)c(OCC(=O)Nc2cccc(C(F)(F)F)c2)c1. The molecule has 0 radical (unpaired) electrons. The number of anilines is 2. The lowest BCUT2D eigenvalue weighted by atomic mass is 10.2. The van der Waals surface area contributed by atoms with Gasteiger partial charge in [-0.1, -0.05) is 6.07 Å². The summed E-state index contributed by atoms with van der Waals surface area (Å²) in [5.41, 5.74) is 5.16. The standard InChI is InChI=1S/C17H15F3N2O4/c1-25-16(24)10-5-6-13(21)14(7-10)26-9-15(23)22-12-4-2-3-11(8-12)17(18,19)20/h2-8H,9,21H2,1H3,(H,22,23). The Labute approximate surface area is 146 Å². The van der Waals surface area contributed by atoms with E-state index in [4.69, 9.17) is 10.5 Å². The zero-order chi connectivity index (χ0) is 19.3. The van der Waals surface area contributed by atoms with E-state index in [1.807, 2.05) is 0 Å². The average molecular weight is 368 g/mol. The number of methoxy groups -OCH3 is 1. The molecule has 0 aromatic heterocycles. The van der Waals surface area contributed by atoms with E-state index in [-0.39, 0.29) is 22.7 Å². The number of carbonyl (C=O) groups is 2. The number of benzene rings is 2. The molecule has 0 aliphatic heterocycles. The van der Waals surface area contributed by atoms with Gasteiger partial charge in [0.25, 0.3) is 5.91 Å². The normalized spacial score (nSPS) is 10.9. The lowest BCUT2D eigenvalue weighted by molar-refractivity contribution is -0.137. The Kier molecular flexibility index (Phi) is 5.71. The minimum absolute atomic E-state index is 0.0234. The molecule has 9 heteroatoms. The third-order valence-electron chi connectivity index (χ3n) is 3.27. The predicted molar refractivity (Wildman–Crippen MR) is 87.8 cm³/mol. The summed E-state index contributed by atoms with van der Waals surface area (Å²) in [7, 11) is 1.21. The summed E-state index contributed by atoms with van der Waals surface area (Å²) in [4.78, 5) is 23.4. The van der Waals surface area contributed by atoms with E-state index in [1.54, 1.807) is 0 Å². The number of carbonyl (C=O) groups excluding carboxylic acids is 2. The molecule has 138 valence electrons. The van der Waals surface area contributed by atoms with Crippen LogP contribution in [0.1, 0.15) is 15.9 Å². The van der Waals surface area contributed by atoms with E-state index in [1.165, 1.54) is 37.4 Å². The first-order valence-electron chi connectivity index (χ1n) is 7.28. The maximum absolute atomic E-state index is 12.7. The van der Waals surface area contributed by atoms with Crippen LogP contribution in [0.5, 0.6) is 5.75 Å². The van der Waals surface area contributed by atoms with Gasteiger partial charge in [0.15, 0.2) is 6.61 Å². The zero-order valence-electron chi connectivity index (χ0n) is 13.6. The highest BCUT2D eigenvalue weighted by molar-refractivity contribution is 5.92. The van der Waals surface area contributed by atoms with Gasteiger partial charge in [-0.25, -0.2) is 4.79 Å². The molecule has 1 amide bonds. The van der Waals surface area contributed by atoms with Crippen molar-refractivity contribution in [3.63, 3.8) is 0 Å². The van der Waals surface area contributed by atoms with Crippen LogP contribution in [0.15, 0.2) is 42.5 Å². The van der Waals surface area contributed by atoms with Crippen molar-refractivity contribution in [2.45, 2.75) is 6.18 Å². The van der Waals surface area contributed by atoms with E-state index >= 15 is 0 Å². The summed E-state index contributed by atoms with van der Waals surface area (Å²) in [6, 6.07) is 8.34.